The molecule has 1 aromatic heterocycles. The van der Waals surface area contributed by atoms with Crippen LogP contribution in [-0.4, -0.2) is 30.9 Å². The molecule has 3 aromatic rings. The summed E-state index contributed by atoms with van der Waals surface area (Å²) in [6.07, 6.45) is 3.36. The summed E-state index contributed by atoms with van der Waals surface area (Å²) in [5.41, 5.74) is 4.93. The molecular weight excluding hydrogens is 318 g/mol. The van der Waals surface area contributed by atoms with Crippen molar-refractivity contribution in [2.75, 3.05) is 14.2 Å². The van der Waals surface area contributed by atoms with Gasteiger partial charge in [-0.25, -0.2) is 5.43 Å². The second-order valence-electron chi connectivity index (χ2n) is 5.48. The van der Waals surface area contributed by atoms with Crippen molar-refractivity contribution in [2.45, 2.75) is 0 Å². The molecule has 0 spiro atoms. The quantitative estimate of drug-likeness (QED) is 0.575. The molecule has 1 amide bonds. The lowest BCUT2D eigenvalue weighted by atomic mass is 10.2. The number of aryl methyl sites for hydroxylation is 1. The van der Waals surface area contributed by atoms with Gasteiger partial charge in [0.2, 0.25) is 0 Å². The summed E-state index contributed by atoms with van der Waals surface area (Å²) in [6, 6.07) is 13.1. The van der Waals surface area contributed by atoms with E-state index in [0.717, 1.165) is 16.5 Å². The largest absolute Gasteiger partial charge is 0.493 e. The maximum atomic E-state index is 12.4. The summed E-state index contributed by atoms with van der Waals surface area (Å²) >= 11 is 0. The number of amides is 1. The Morgan fingerprint density at radius 2 is 1.88 bits per heavy atom. The van der Waals surface area contributed by atoms with Crippen LogP contribution in [-0.2, 0) is 7.05 Å². The highest BCUT2D eigenvalue weighted by molar-refractivity contribution is 6.07. The molecule has 128 valence electrons. The maximum Gasteiger partial charge on any atom is 0.273 e. The summed E-state index contributed by atoms with van der Waals surface area (Å²) in [6.45, 7) is 0. The Morgan fingerprint density at radius 3 is 2.64 bits per heavy atom. The van der Waals surface area contributed by atoms with Crippen molar-refractivity contribution in [2.24, 2.45) is 12.1 Å². The molecule has 0 fully saturated rings. The van der Waals surface area contributed by atoms with Crippen LogP contribution in [0.5, 0.6) is 11.5 Å². The van der Waals surface area contributed by atoms with Gasteiger partial charge >= 0.3 is 0 Å². The molecule has 6 heteroatoms. The Bertz CT molecular complexity index is 944. The van der Waals surface area contributed by atoms with Gasteiger partial charge in [0.05, 0.1) is 26.0 Å². The number of benzene rings is 2. The lowest BCUT2D eigenvalue weighted by molar-refractivity contribution is 0.0956. The minimum Gasteiger partial charge on any atom is -0.493 e. The fourth-order valence-electron chi connectivity index (χ4n) is 2.68. The molecule has 0 unspecified atom stereocenters. The van der Waals surface area contributed by atoms with Crippen LogP contribution in [0.2, 0.25) is 0 Å². The molecule has 0 aliphatic rings. The monoisotopic (exact) mass is 337 g/mol. The third kappa shape index (κ3) is 3.33. The van der Waals surface area contributed by atoms with Gasteiger partial charge in [0.25, 0.3) is 5.91 Å². The van der Waals surface area contributed by atoms with E-state index in [9.17, 15) is 4.79 Å². The number of hydrogen-bond donors (Lipinski definition) is 1. The fourth-order valence-corrected chi connectivity index (χ4v) is 2.68. The molecular formula is C19H19N3O3. The van der Waals surface area contributed by atoms with Gasteiger partial charge in [0, 0.05) is 24.1 Å². The SMILES string of the molecule is COc1ccc(C=NNC(=O)c2cn(C)c3ccccc23)cc1OC. The van der Waals surface area contributed by atoms with Crippen LogP contribution in [0.15, 0.2) is 53.8 Å². The van der Waals surface area contributed by atoms with E-state index in [-0.39, 0.29) is 5.91 Å². The van der Waals surface area contributed by atoms with E-state index in [2.05, 4.69) is 10.5 Å². The Balaban J connectivity index is 1.76. The van der Waals surface area contributed by atoms with Gasteiger partial charge in [-0.1, -0.05) is 18.2 Å². The van der Waals surface area contributed by atoms with Gasteiger partial charge in [-0.2, -0.15) is 5.10 Å². The third-order valence-electron chi connectivity index (χ3n) is 3.93. The molecule has 0 aliphatic carbocycles. The molecule has 0 aliphatic heterocycles. The molecule has 6 nitrogen and oxygen atoms in total. The van der Waals surface area contributed by atoms with E-state index in [4.69, 9.17) is 9.47 Å². The Kier molecular flexibility index (Phi) is 4.70. The van der Waals surface area contributed by atoms with Gasteiger partial charge in [0.15, 0.2) is 11.5 Å². The molecule has 1 N–H and O–H groups in total. The smallest absolute Gasteiger partial charge is 0.273 e. The number of carbonyl (C=O) groups is 1. The van der Waals surface area contributed by atoms with Crippen LogP contribution in [0.1, 0.15) is 15.9 Å². The third-order valence-corrected chi connectivity index (χ3v) is 3.93. The van der Waals surface area contributed by atoms with Gasteiger partial charge in [0.1, 0.15) is 0 Å². The van der Waals surface area contributed by atoms with Gasteiger partial charge < -0.3 is 14.0 Å². The predicted octanol–water partition coefficient (Wildman–Crippen LogP) is 2.96. The highest BCUT2D eigenvalue weighted by Gasteiger charge is 2.12. The van der Waals surface area contributed by atoms with E-state index in [0.29, 0.717) is 17.1 Å². The van der Waals surface area contributed by atoms with Crippen molar-refractivity contribution >= 4 is 23.0 Å². The number of para-hydroxylation sites is 1. The van der Waals surface area contributed by atoms with Crippen molar-refractivity contribution in [1.82, 2.24) is 9.99 Å². The van der Waals surface area contributed by atoms with E-state index in [1.807, 2.05) is 41.9 Å². The first-order chi connectivity index (χ1) is 12.1. The second-order valence-corrected chi connectivity index (χ2v) is 5.48. The zero-order valence-corrected chi connectivity index (χ0v) is 14.3. The van der Waals surface area contributed by atoms with Crippen molar-refractivity contribution in [3.8, 4) is 11.5 Å². The number of methoxy groups -OCH3 is 2. The van der Waals surface area contributed by atoms with Gasteiger partial charge in [-0.15, -0.1) is 0 Å². The molecule has 3 rings (SSSR count). The Morgan fingerprint density at radius 1 is 1.12 bits per heavy atom. The Labute approximate surface area is 145 Å². The average molecular weight is 337 g/mol. The van der Waals surface area contributed by atoms with E-state index >= 15 is 0 Å². The zero-order valence-electron chi connectivity index (χ0n) is 14.3. The second kappa shape index (κ2) is 7.09. The number of hydrazone groups is 1. The molecule has 0 saturated carbocycles. The van der Waals surface area contributed by atoms with Crippen molar-refractivity contribution in [3.63, 3.8) is 0 Å². The van der Waals surface area contributed by atoms with Crippen LogP contribution in [0.3, 0.4) is 0 Å². The van der Waals surface area contributed by atoms with Crippen LogP contribution >= 0.6 is 0 Å². The fraction of sp³-hybridized carbons (Fsp3) is 0.158. The summed E-state index contributed by atoms with van der Waals surface area (Å²) in [5, 5.41) is 4.93. The minimum absolute atomic E-state index is 0.256. The first-order valence-corrected chi connectivity index (χ1v) is 7.73. The first kappa shape index (κ1) is 16.6. The number of nitrogens with one attached hydrogen (secondary N) is 1. The number of hydrogen-bond acceptors (Lipinski definition) is 4. The number of aromatic nitrogens is 1. The molecule has 1 heterocycles. The van der Waals surface area contributed by atoms with Crippen molar-refractivity contribution in [1.29, 1.82) is 0 Å². The van der Waals surface area contributed by atoms with Crippen molar-refractivity contribution in [3.05, 3.63) is 59.8 Å². The molecule has 0 bridgehead atoms. The van der Waals surface area contributed by atoms with Crippen LogP contribution in [0, 0.1) is 0 Å². The van der Waals surface area contributed by atoms with E-state index in [1.165, 1.54) is 0 Å². The normalized spacial score (nSPS) is 11.0. The summed E-state index contributed by atoms with van der Waals surface area (Å²) in [5.74, 6) is 0.986. The zero-order chi connectivity index (χ0) is 17.8. The molecule has 0 saturated heterocycles. The average Bonchev–Trinajstić information content (AvgIpc) is 2.98. The summed E-state index contributed by atoms with van der Waals surface area (Å²) < 4.78 is 12.4. The number of ether oxygens (including phenoxy) is 2. The van der Waals surface area contributed by atoms with Crippen LogP contribution in [0.4, 0.5) is 0 Å². The molecule has 2 aromatic carbocycles. The minimum atomic E-state index is -0.256. The highest BCUT2D eigenvalue weighted by atomic mass is 16.5. The summed E-state index contributed by atoms with van der Waals surface area (Å²) in [7, 11) is 5.06. The topological polar surface area (TPSA) is 64.8 Å². The maximum absolute atomic E-state index is 12.4. The molecule has 0 atom stereocenters. The summed E-state index contributed by atoms with van der Waals surface area (Å²) in [4.78, 5) is 12.4. The lowest BCUT2D eigenvalue weighted by Crippen LogP contribution is -2.17. The predicted molar refractivity (Wildman–Crippen MR) is 97.5 cm³/mol. The number of rotatable bonds is 5. The van der Waals surface area contributed by atoms with E-state index in [1.54, 1.807) is 38.8 Å². The number of carbonyl (C=O) groups excluding carboxylic acids is 1. The van der Waals surface area contributed by atoms with Crippen molar-refractivity contribution < 1.29 is 14.3 Å². The number of fused-ring (bicyclic) bond motifs is 1. The molecule has 25 heavy (non-hydrogen) atoms. The first-order valence-electron chi connectivity index (χ1n) is 7.73. The van der Waals surface area contributed by atoms with Crippen LogP contribution in [0.25, 0.3) is 10.9 Å². The van der Waals surface area contributed by atoms with Gasteiger partial charge in [-0.3, -0.25) is 4.79 Å². The lowest BCUT2D eigenvalue weighted by Gasteiger charge is -2.07. The number of nitrogens with zero attached hydrogens (tertiary/aromatic N) is 2. The highest BCUT2D eigenvalue weighted by Crippen LogP contribution is 2.26. The van der Waals surface area contributed by atoms with E-state index < -0.39 is 0 Å². The standard InChI is InChI=1S/C19H19N3O3/c1-22-12-15(14-6-4-5-7-16(14)22)19(23)21-20-11-13-8-9-17(24-2)18(10-13)25-3/h4-12H,1-3H3,(H,21,23). The van der Waals surface area contributed by atoms with Gasteiger partial charge in [-0.05, 0) is 29.8 Å². The Hall–Kier alpha value is -3.28. The molecule has 0 radical (unpaired) electrons. The van der Waals surface area contributed by atoms with Crippen LogP contribution < -0.4 is 14.9 Å².